The van der Waals surface area contributed by atoms with Crippen LogP contribution in [0.15, 0.2) is 17.0 Å². The minimum atomic E-state index is -0.708. The van der Waals surface area contributed by atoms with Crippen molar-refractivity contribution in [3.8, 4) is 11.5 Å². The van der Waals surface area contributed by atoms with Crippen LogP contribution in [0.1, 0.15) is 40.2 Å². The molecule has 1 aliphatic rings. The summed E-state index contributed by atoms with van der Waals surface area (Å²) in [6.45, 7) is 9.24. The first-order valence-electron chi connectivity index (χ1n) is 9.12. The zero-order valence-corrected chi connectivity index (χ0v) is 18.6. The predicted octanol–water partition coefficient (Wildman–Crippen LogP) is 4.52. The molecule has 0 radical (unpaired) electrons. The highest BCUT2D eigenvalue weighted by Gasteiger charge is 2.37. The molecule has 0 saturated carbocycles. The molecular formula is C20H24ClNO6S. The number of carbonyl (C=O) groups is 3. The van der Waals surface area contributed by atoms with Gasteiger partial charge in [-0.3, -0.25) is 19.3 Å². The van der Waals surface area contributed by atoms with Gasteiger partial charge in [-0.2, -0.15) is 0 Å². The Balaban J connectivity index is 2.26. The Morgan fingerprint density at radius 3 is 2.28 bits per heavy atom. The molecule has 1 aromatic rings. The van der Waals surface area contributed by atoms with E-state index in [9.17, 15) is 14.4 Å². The number of amides is 2. The van der Waals surface area contributed by atoms with E-state index in [4.69, 9.17) is 25.8 Å². The third-order valence-corrected chi connectivity index (χ3v) is 4.76. The number of esters is 1. The van der Waals surface area contributed by atoms with Crippen LogP contribution in [-0.4, -0.2) is 47.4 Å². The first-order valence-corrected chi connectivity index (χ1v) is 10.3. The molecule has 0 aromatic heterocycles. The normalized spacial score (nSPS) is 15.8. The molecule has 1 saturated heterocycles. The van der Waals surface area contributed by atoms with Gasteiger partial charge in [-0.05, 0) is 64.1 Å². The lowest BCUT2D eigenvalue weighted by Crippen LogP contribution is -2.37. The Morgan fingerprint density at radius 1 is 1.14 bits per heavy atom. The summed E-state index contributed by atoms with van der Waals surface area (Å²) in [5, 5.41) is -0.199. The first-order chi connectivity index (χ1) is 13.6. The van der Waals surface area contributed by atoms with E-state index in [-0.39, 0.29) is 4.91 Å². The van der Waals surface area contributed by atoms with Gasteiger partial charge in [0, 0.05) is 6.07 Å². The van der Waals surface area contributed by atoms with Crippen LogP contribution in [-0.2, 0) is 14.3 Å². The Hall–Kier alpha value is -2.19. The van der Waals surface area contributed by atoms with Gasteiger partial charge in [0.25, 0.3) is 11.1 Å². The summed E-state index contributed by atoms with van der Waals surface area (Å²) in [5.74, 6) is -0.250. The fourth-order valence-corrected chi connectivity index (χ4v) is 3.52. The number of nitrogens with zero attached hydrogens (tertiary/aromatic N) is 1. The van der Waals surface area contributed by atoms with Crippen molar-refractivity contribution < 1.29 is 28.6 Å². The van der Waals surface area contributed by atoms with Crippen molar-refractivity contribution in [2.45, 2.75) is 40.2 Å². The van der Waals surface area contributed by atoms with E-state index < -0.39 is 29.3 Å². The molecule has 2 amide bonds. The molecule has 0 atom stereocenters. The smallest absolute Gasteiger partial charge is 0.326 e. The molecule has 158 valence electrons. The zero-order valence-electron chi connectivity index (χ0n) is 17.0. The highest BCUT2D eigenvalue weighted by Crippen LogP contribution is 2.38. The van der Waals surface area contributed by atoms with Crippen LogP contribution >= 0.6 is 23.4 Å². The topological polar surface area (TPSA) is 82.1 Å². The lowest BCUT2D eigenvalue weighted by molar-refractivity contribution is -0.156. The number of halogens is 1. The van der Waals surface area contributed by atoms with Crippen LogP contribution in [0.2, 0.25) is 5.02 Å². The molecule has 0 bridgehead atoms. The van der Waals surface area contributed by atoms with Crippen molar-refractivity contribution >= 4 is 46.6 Å². The summed E-state index contributed by atoms with van der Waals surface area (Å²) in [6.07, 6.45) is 1.50. The second kappa shape index (κ2) is 9.54. The molecule has 1 aromatic carbocycles. The molecule has 2 rings (SSSR count). The van der Waals surface area contributed by atoms with E-state index in [0.29, 0.717) is 35.3 Å². The van der Waals surface area contributed by atoms with Crippen LogP contribution in [0.5, 0.6) is 11.5 Å². The number of rotatable bonds is 7. The van der Waals surface area contributed by atoms with Gasteiger partial charge in [0.1, 0.15) is 12.1 Å². The van der Waals surface area contributed by atoms with Crippen LogP contribution in [0, 0.1) is 0 Å². The largest absolute Gasteiger partial charge is 0.490 e. The van der Waals surface area contributed by atoms with Crippen LogP contribution in [0.3, 0.4) is 0 Å². The molecule has 0 spiro atoms. The number of hydrogen-bond acceptors (Lipinski definition) is 7. The number of carbonyl (C=O) groups excluding carboxylic acids is 3. The molecule has 1 aliphatic heterocycles. The Bertz CT molecular complexity index is 846. The Kier molecular flexibility index (Phi) is 7.60. The van der Waals surface area contributed by atoms with Crippen molar-refractivity contribution in [3.63, 3.8) is 0 Å². The van der Waals surface area contributed by atoms with Gasteiger partial charge in [-0.15, -0.1) is 0 Å². The molecule has 29 heavy (non-hydrogen) atoms. The van der Waals surface area contributed by atoms with Crippen molar-refractivity contribution in [1.82, 2.24) is 4.90 Å². The quantitative estimate of drug-likeness (QED) is 0.454. The molecule has 1 heterocycles. The first kappa shape index (κ1) is 23.1. The second-order valence-corrected chi connectivity index (χ2v) is 8.44. The molecule has 1 fully saturated rings. The SMILES string of the molecule is CCOc1cc(Cl)c(C=C2SC(=O)N(CC(=O)OC(C)(C)C)C2=O)cc1OCC. The average molecular weight is 442 g/mol. The third kappa shape index (κ3) is 6.14. The van der Waals surface area contributed by atoms with Crippen LogP contribution < -0.4 is 9.47 Å². The van der Waals surface area contributed by atoms with Gasteiger partial charge >= 0.3 is 5.97 Å². The zero-order chi connectivity index (χ0) is 21.8. The fraction of sp³-hybridized carbons (Fsp3) is 0.450. The van der Waals surface area contributed by atoms with Gasteiger partial charge in [-0.25, -0.2) is 0 Å². The molecule has 0 aliphatic carbocycles. The summed E-state index contributed by atoms with van der Waals surface area (Å²) in [5.41, 5.74) is -0.207. The number of benzene rings is 1. The third-order valence-electron chi connectivity index (χ3n) is 3.53. The van der Waals surface area contributed by atoms with E-state index in [2.05, 4.69) is 0 Å². The second-order valence-electron chi connectivity index (χ2n) is 7.04. The fourth-order valence-electron chi connectivity index (χ4n) is 2.48. The van der Waals surface area contributed by atoms with E-state index in [1.807, 2.05) is 13.8 Å². The lowest BCUT2D eigenvalue weighted by Gasteiger charge is -2.21. The molecule has 7 nitrogen and oxygen atoms in total. The number of ether oxygens (including phenoxy) is 3. The van der Waals surface area contributed by atoms with Gasteiger partial charge in [0.2, 0.25) is 0 Å². The lowest BCUT2D eigenvalue weighted by atomic mass is 10.1. The van der Waals surface area contributed by atoms with Crippen molar-refractivity contribution in [1.29, 1.82) is 0 Å². The van der Waals surface area contributed by atoms with E-state index in [1.165, 1.54) is 6.08 Å². The van der Waals surface area contributed by atoms with Gasteiger partial charge in [-0.1, -0.05) is 11.6 Å². The van der Waals surface area contributed by atoms with E-state index >= 15 is 0 Å². The average Bonchev–Trinajstić information content (AvgIpc) is 2.85. The number of hydrogen-bond donors (Lipinski definition) is 0. The maximum atomic E-state index is 12.6. The Labute approximate surface area is 179 Å². The summed E-state index contributed by atoms with van der Waals surface area (Å²) in [7, 11) is 0. The monoisotopic (exact) mass is 441 g/mol. The summed E-state index contributed by atoms with van der Waals surface area (Å²) >= 11 is 7.06. The minimum Gasteiger partial charge on any atom is -0.490 e. The maximum Gasteiger partial charge on any atom is 0.326 e. The molecule has 0 N–H and O–H groups in total. The van der Waals surface area contributed by atoms with Crippen LogP contribution in [0.25, 0.3) is 6.08 Å². The predicted molar refractivity (Wildman–Crippen MR) is 112 cm³/mol. The maximum absolute atomic E-state index is 12.6. The van der Waals surface area contributed by atoms with Crippen molar-refractivity contribution in [2.75, 3.05) is 19.8 Å². The number of thioether (sulfide) groups is 1. The standard InChI is InChI=1S/C20H24ClNO6S/c1-6-26-14-8-12(13(21)10-15(14)27-7-2)9-16-18(24)22(19(25)29-16)11-17(23)28-20(3,4)5/h8-10H,6-7,11H2,1-5H3. The highest BCUT2D eigenvalue weighted by atomic mass is 35.5. The van der Waals surface area contributed by atoms with E-state index in [0.717, 1.165) is 16.7 Å². The van der Waals surface area contributed by atoms with Crippen molar-refractivity contribution in [2.24, 2.45) is 0 Å². The Morgan fingerprint density at radius 2 is 1.72 bits per heavy atom. The minimum absolute atomic E-state index is 0.159. The molecular weight excluding hydrogens is 418 g/mol. The number of imide groups is 1. The van der Waals surface area contributed by atoms with Gasteiger partial charge in [0.15, 0.2) is 11.5 Å². The van der Waals surface area contributed by atoms with Crippen molar-refractivity contribution in [3.05, 3.63) is 27.6 Å². The van der Waals surface area contributed by atoms with Crippen LogP contribution in [0.4, 0.5) is 4.79 Å². The summed E-state index contributed by atoms with van der Waals surface area (Å²) < 4.78 is 16.3. The summed E-state index contributed by atoms with van der Waals surface area (Å²) in [6, 6.07) is 3.26. The molecule has 0 unspecified atom stereocenters. The van der Waals surface area contributed by atoms with Gasteiger partial charge < -0.3 is 14.2 Å². The summed E-state index contributed by atoms with van der Waals surface area (Å²) in [4.78, 5) is 37.9. The van der Waals surface area contributed by atoms with Gasteiger partial charge in [0.05, 0.1) is 23.1 Å². The van der Waals surface area contributed by atoms with E-state index in [1.54, 1.807) is 32.9 Å². The molecule has 9 heteroatoms. The highest BCUT2D eigenvalue weighted by molar-refractivity contribution is 8.18.